The number of nitrogens with zero attached hydrogens (tertiary/aromatic N) is 1. The summed E-state index contributed by atoms with van der Waals surface area (Å²) >= 11 is 0. The summed E-state index contributed by atoms with van der Waals surface area (Å²) in [6.45, 7) is 4.44. The first-order valence-corrected chi connectivity index (χ1v) is 26.9. The van der Waals surface area contributed by atoms with Gasteiger partial charge >= 0.3 is 19.8 Å². The third kappa shape index (κ3) is 46.3. The number of esters is 2. The molecule has 0 aliphatic heterocycles. The molecule has 0 spiro atoms. The highest BCUT2D eigenvalue weighted by Crippen LogP contribution is 2.43. The molecule has 2 unspecified atom stereocenters. The van der Waals surface area contributed by atoms with Gasteiger partial charge in [-0.3, -0.25) is 18.6 Å². The van der Waals surface area contributed by atoms with Crippen LogP contribution in [0.3, 0.4) is 0 Å². The van der Waals surface area contributed by atoms with Crippen molar-refractivity contribution < 1.29 is 42.1 Å². The zero-order chi connectivity index (χ0) is 44.3. The molecule has 0 aromatic heterocycles. The number of carbonyl (C=O) groups excluding carboxylic acids is 2. The van der Waals surface area contributed by atoms with Crippen LogP contribution in [-0.2, 0) is 32.7 Å². The predicted octanol–water partition coefficient (Wildman–Crippen LogP) is 14.9. The smallest absolute Gasteiger partial charge is 0.462 e. The van der Waals surface area contributed by atoms with Gasteiger partial charge in [0.1, 0.15) is 19.8 Å². The van der Waals surface area contributed by atoms with Crippen molar-refractivity contribution >= 4 is 19.8 Å². The molecule has 0 bridgehead atoms. The SMILES string of the molecule is CCCCCC/C=C\CCCCCCCC(=O)OC(COC(=O)CCCCCCCCCCCCCCCCCCCCCCCCC)COP(=O)(O)OCC[N+](C)(C)C. The van der Waals surface area contributed by atoms with E-state index in [4.69, 9.17) is 18.5 Å². The Morgan fingerprint density at radius 3 is 1.25 bits per heavy atom. The molecule has 0 aliphatic carbocycles. The predicted molar refractivity (Wildman–Crippen MR) is 252 cm³/mol. The van der Waals surface area contributed by atoms with Crippen LogP contribution >= 0.6 is 7.82 Å². The van der Waals surface area contributed by atoms with E-state index in [1.807, 2.05) is 21.1 Å². The van der Waals surface area contributed by atoms with Crippen molar-refractivity contribution in [1.29, 1.82) is 0 Å². The van der Waals surface area contributed by atoms with Gasteiger partial charge in [0.25, 0.3) is 0 Å². The fraction of sp³-hybridized carbons (Fsp3) is 0.920. The van der Waals surface area contributed by atoms with E-state index in [-0.39, 0.29) is 25.6 Å². The standard InChI is InChI=1S/C50H98NO8P/c1-6-8-10-12-14-16-18-20-21-22-23-24-25-26-27-28-29-31-32-34-36-38-40-42-49(52)56-46-48(47-58-60(54,55)57-45-44-51(3,4)5)59-50(53)43-41-39-37-35-33-30-19-17-15-13-11-9-7-2/h17,19,48H,6-16,18,20-47H2,1-5H3/p+1/b19-17-. The first-order chi connectivity index (χ1) is 29.0. The number of hydrogen-bond donors (Lipinski definition) is 1. The number of allylic oxidation sites excluding steroid dienone is 2. The molecule has 60 heavy (non-hydrogen) atoms. The normalized spacial score (nSPS) is 13.5. The maximum absolute atomic E-state index is 12.7. The Balaban J connectivity index is 4.14. The minimum atomic E-state index is -4.37. The average Bonchev–Trinajstić information content (AvgIpc) is 3.20. The summed E-state index contributed by atoms with van der Waals surface area (Å²) in [5, 5.41) is 0. The van der Waals surface area contributed by atoms with Crippen molar-refractivity contribution in [2.75, 3.05) is 47.5 Å². The van der Waals surface area contributed by atoms with Gasteiger partial charge < -0.3 is 18.9 Å². The molecule has 0 aromatic rings. The lowest BCUT2D eigenvalue weighted by Crippen LogP contribution is -2.37. The van der Waals surface area contributed by atoms with Crippen LogP contribution in [0.5, 0.6) is 0 Å². The summed E-state index contributed by atoms with van der Waals surface area (Å²) in [6, 6.07) is 0. The van der Waals surface area contributed by atoms with Gasteiger partial charge in [-0.25, -0.2) is 4.57 Å². The third-order valence-electron chi connectivity index (χ3n) is 11.3. The summed E-state index contributed by atoms with van der Waals surface area (Å²) in [4.78, 5) is 35.5. The van der Waals surface area contributed by atoms with Crippen LogP contribution in [0.2, 0.25) is 0 Å². The number of ether oxygens (including phenoxy) is 2. The second-order valence-corrected chi connectivity index (χ2v) is 20.0. The number of phosphoric ester groups is 1. The molecule has 0 amide bonds. The van der Waals surface area contributed by atoms with E-state index in [1.165, 1.54) is 161 Å². The van der Waals surface area contributed by atoms with Crippen LogP contribution in [0.4, 0.5) is 0 Å². The largest absolute Gasteiger partial charge is 0.472 e. The molecule has 0 aromatic carbocycles. The zero-order valence-corrected chi connectivity index (χ0v) is 41.1. The molecule has 356 valence electrons. The molecule has 0 saturated carbocycles. The van der Waals surface area contributed by atoms with Gasteiger partial charge in [-0.2, -0.15) is 0 Å². The average molecular weight is 873 g/mol. The Morgan fingerprint density at radius 2 is 0.850 bits per heavy atom. The Kier molecular flexibility index (Phi) is 42.1. The van der Waals surface area contributed by atoms with Gasteiger partial charge in [0.15, 0.2) is 6.10 Å². The monoisotopic (exact) mass is 873 g/mol. The van der Waals surface area contributed by atoms with E-state index in [9.17, 15) is 19.0 Å². The van der Waals surface area contributed by atoms with E-state index in [0.29, 0.717) is 23.9 Å². The number of phosphoric acid groups is 1. The Labute approximate surface area is 371 Å². The lowest BCUT2D eigenvalue weighted by atomic mass is 10.0. The quantitative estimate of drug-likeness (QED) is 0.0212. The maximum Gasteiger partial charge on any atom is 0.472 e. The number of carbonyl (C=O) groups is 2. The van der Waals surface area contributed by atoms with Crippen molar-refractivity contribution in [1.82, 2.24) is 0 Å². The topological polar surface area (TPSA) is 108 Å². The van der Waals surface area contributed by atoms with E-state index >= 15 is 0 Å². The molecule has 0 saturated heterocycles. The van der Waals surface area contributed by atoms with Gasteiger partial charge in [-0.15, -0.1) is 0 Å². The van der Waals surface area contributed by atoms with Crippen LogP contribution < -0.4 is 0 Å². The molecule has 1 N–H and O–H groups in total. The van der Waals surface area contributed by atoms with Gasteiger partial charge in [-0.05, 0) is 38.5 Å². The third-order valence-corrected chi connectivity index (χ3v) is 12.3. The first-order valence-electron chi connectivity index (χ1n) is 25.4. The molecule has 2 atom stereocenters. The number of unbranched alkanes of at least 4 members (excludes halogenated alkanes) is 31. The van der Waals surface area contributed by atoms with Gasteiger partial charge in [-0.1, -0.05) is 206 Å². The Bertz CT molecular complexity index is 1030. The molecule has 9 nitrogen and oxygen atoms in total. The van der Waals surface area contributed by atoms with Gasteiger partial charge in [0.2, 0.25) is 0 Å². The van der Waals surface area contributed by atoms with Crippen molar-refractivity contribution in [3.63, 3.8) is 0 Å². The lowest BCUT2D eigenvalue weighted by Gasteiger charge is -2.24. The van der Waals surface area contributed by atoms with Crippen molar-refractivity contribution in [3.05, 3.63) is 12.2 Å². The van der Waals surface area contributed by atoms with Crippen LogP contribution in [0, 0.1) is 0 Å². The van der Waals surface area contributed by atoms with Crippen molar-refractivity contribution in [3.8, 4) is 0 Å². The molecular weight excluding hydrogens is 774 g/mol. The molecule has 0 fully saturated rings. The second kappa shape index (κ2) is 43.0. The summed E-state index contributed by atoms with van der Waals surface area (Å²) in [5.41, 5.74) is 0. The molecule has 0 rings (SSSR count). The fourth-order valence-corrected chi connectivity index (χ4v) is 8.05. The van der Waals surface area contributed by atoms with E-state index in [2.05, 4.69) is 26.0 Å². The van der Waals surface area contributed by atoms with Crippen LogP contribution in [0.25, 0.3) is 0 Å². The number of quaternary nitrogens is 1. The Morgan fingerprint density at radius 1 is 0.500 bits per heavy atom. The Hall–Kier alpha value is -1.25. The zero-order valence-electron chi connectivity index (χ0n) is 40.2. The van der Waals surface area contributed by atoms with E-state index in [1.54, 1.807) is 0 Å². The minimum Gasteiger partial charge on any atom is -0.462 e. The fourth-order valence-electron chi connectivity index (χ4n) is 7.31. The molecule has 0 aliphatic rings. The number of rotatable bonds is 47. The summed E-state index contributed by atoms with van der Waals surface area (Å²) in [6.07, 6.45) is 47.0. The van der Waals surface area contributed by atoms with Crippen molar-refractivity contribution in [2.45, 2.75) is 251 Å². The molecule has 0 radical (unpaired) electrons. The van der Waals surface area contributed by atoms with Gasteiger partial charge in [0.05, 0.1) is 27.7 Å². The van der Waals surface area contributed by atoms with Crippen molar-refractivity contribution in [2.24, 2.45) is 0 Å². The second-order valence-electron chi connectivity index (χ2n) is 18.6. The highest BCUT2D eigenvalue weighted by molar-refractivity contribution is 7.47. The molecule has 10 heteroatoms. The lowest BCUT2D eigenvalue weighted by molar-refractivity contribution is -0.870. The highest BCUT2D eigenvalue weighted by Gasteiger charge is 2.27. The van der Waals surface area contributed by atoms with E-state index in [0.717, 1.165) is 51.4 Å². The summed E-state index contributed by atoms with van der Waals surface area (Å²) < 4.78 is 34.4. The number of hydrogen-bond acceptors (Lipinski definition) is 7. The molecular formula is C50H99NO8P+. The van der Waals surface area contributed by atoms with Gasteiger partial charge in [0, 0.05) is 12.8 Å². The van der Waals surface area contributed by atoms with Crippen LogP contribution in [-0.4, -0.2) is 74.9 Å². The summed E-state index contributed by atoms with van der Waals surface area (Å²) in [5.74, 6) is -0.795. The van der Waals surface area contributed by atoms with E-state index < -0.39 is 26.5 Å². The maximum atomic E-state index is 12.7. The van der Waals surface area contributed by atoms with Crippen LogP contribution in [0.1, 0.15) is 245 Å². The molecule has 0 heterocycles. The van der Waals surface area contributed by atoms with Crippen LogP contribution in [0.15, 0.2) is 12.2 Å². The highest BCUT2D eigenvalue weighted by atomic mass is 31.2. The minimum absolute atomic E-state index is 0.0333. The first kappa shape index (κ1) is 58.8. The summed E-state index contributed by atoms with van der Waals surface area (Å²) in [7, 11) is 1.48. The number of likely N-dealkylation sites (N-methyl/N-ethyl adjacent to an activating group) is 1.